The average Bonchev–Trinajstić information content (AvgIpc) is 3.14. The van der Waals surface area contributed by atoms with Crippen LogP contribution in [0, 0.1) is 37.5 Å². The first-order valence-corrected chi connectivity index (χ1v) is 14.4. The van der Waals surface area contributed by atoms with Gasteiger partial charge in [0, 0.05) is 12.0 Å². The van der Waals surface area contributed by atoms with Crippen molar-refractivity contribution in [3.05, 3.63) is 45.5 Å². The van der Waals surface area contributed by atoms with Crippen LogP contribution in [-0.2, 0) is 9.59 Å². The zero-order valence-corrected chi connectivity index (χ0v) is 23.7. The fourth-order valence-electron chi connectivity index (χ4n) is 7.12. The lowest BCUT2D eigenvalue weighted by Gasteiger charge is -2.38. The van der Waals surface area contributed by atoms with Crippen molar-refractivity contribution >= 4 is 17.9 Å². The number of aryl methyl sites for hydroxylation is 2. The van der Waals surface area contributed by atoms with Crippen molar-refractivity contribution < 1.29 is 24.9 Å². The summed E-state index contributed by atoms with van der Waals surface area (Å²) in [5.74, 6) is -1.34. The molecule has 1 aromatic carbocycles. The molecule has 3 aliphatic rings. The van der Waals surface area contributed by atoms with Crippen molar-refractivity contribution in [2.45, 2.75) is 98.1 Å². The van der Waals surface area contributed by atoms with E-state index in [0.717, 1.165) is 65.5 Å². The molecule has 0 aromatic heterocycles. The van der Waals surface area contributed by atoms with Crippen LogP contribution in [0.2, 0.25) is 0 Å². The fourth-order valence-corrected chi connectivity index (χ4v) is 7.12. The summed E-state index contributed by atoms with van der Waals surface area (Å²) in [6.45, 7) is 9.68. The Bertz CT molecular complexity index is 1100. The van der Waals surface area contributed by atoms with Gasteiger partial charge in [-0.25, -0.2) is 0 Å². The Morgan fingerprint density at radius 2 is 1.71 bits per heavy atom. The van der Waals surface area contributed by atoms with E-state index in [1.165, 1.54) is 0 Å². The van der Waals surface area contributed by atoms with E-state index < -0.39 is 23.9 Å². The van der Waals surface area contributed by atoms with E-state index >= 15 is 0 Å². The highest BCUT2D eigenvalue weighted by molar-refractivity contribution is 6.06. The third-order valence-electron chi connectivity index (χ3n) is 9.09. The highest BCUT2D eigenvalue weighted by atomic mass is 16.3. The number of nitrogens with zero attached hydrogens (tertiary/aromatic N) is 1. The van der Waals surface area contributed by atoms with E-state index in [9.17, 15) is 24.9 Å². The van der Waals surface area contributed by atoms with Gasteiger partial charge in [0.15, 0.2) is 0 Å². The number of benzene rings is 1. The van der Waals surface area contributed by atoms with Gasteiger partial charge in [-0.05, 0) is 93.2 Å². The SMILES string of the molecule is C/C(=C\c1cc(C)c(O)c(C)c1)CC[C@@H](O)C1=C(C(C)C)C[C@H]2C(=O)N(C3CCCCC3)C(=O)[C@H]2[C@H]1CO. The lowest BCUT2D eigenvalue weighted by atomic mass is 9.66. The normalized spacial score (nSPS) is 25.9. The Hall–Kier alpha value is -2.44. The summed E-state index contributed by atoms with van der Waals surface area (Å²) in [6, 6.07) is 3.88. The Labute approximate surface area is 227 Å². The van der Waals surface area contributed by atoms with E-state index in [2.05, 4.69) is 19.9 Å². The first-order valence-electron chi connectivity index (χ1n) is 14.4. The van der Waals surface area contributed by atoms with Crippen LogP contribution < -0.4 is 0 Å². The number of carbonyl (C=O) groups is 2. The summed E-state index contributed by atoms with van der Waals surface area (Å²) in [5, 5.41) is 32.1. The molecule has 2 aliphatic carbocycles. The number of imide groups is 1. The molecule has 4 atom stereocenters. The van der Waals surface area contributed by atoms with Gasteiger partial charge in [-0.3, -0.25) is 14.5 Å². The van der Waals surface area contributed by atoms with Crippen molar-refractivity contribution in [2.75, 3.05) is 6.61 Å². The first kappa shape index (κ1) is 28.6. The number of aliphatic hydroxyl groups is 2. The topological polar surface area (TPSA) is 98.1 Å². The molecule has 3 N–H and O–H groups in total. The molecule has 0 radical (unpaired) electrons. The molecule has 6 nitrogen and oxygen atoms in total. The third kappa shape index (κ3) is 5.48. The number of aromatic hydroxyl groups is 1. The van der Waals surface area contributed by atoms with E-state index in [4.69, 9.17) is 0 Å². The molecule has 0 unspecified atom stereocenters. The van der Waals surface area contributed by atoms with Crippen LogP contribution >= 0.6 is 0 Å². The number of phenols is 1. The Morgan fingerprint density at radius 1 is 1.08 bits per heavy atom. The zero-order chi connectivity index (χ0) is 27.7. The summed E-state index contributed by atoms with van der Waals surface area (Å²) in [5.41, 5.74) is 5.58. The van der Waals surface area contributed by atoms with Gasteiger partial charge >= 0.3 is 0 Å². The molecule has 6 heteroatoms. The molecule has 1 saturated heterocycles. The van der Waals surface area contributed by atoms with Crippen LogP contribution in [0.3, 0.4) is 0 Å². The second-order valence-electron chi connectivity index (χ2n) is 12.1. The molecule has 1 saturated carbocycles. The molecule has 4 rings (SSSR count). The predicted molar refractivity (Wildman–Crippen MR) is 149 cm³/mol. The van der Waals surface area contributed by atoms with Crippen LogP contribution in [0.1, 0.15) is 88.8 Å². The summed E-state index contributed by atoms with van der Waals surface area (Å²) in [6.07, 6.45) is 7.86. The number of aliphatic hydroxyl groups excluding tert-OH is 2. The second kappa shape index (κ2) is 11.7. The van der Waals surface area contributed by atoms with Gasteiger partial charge in [0.05, 0.1) is 24.5 Å². The third-order valence-corrected chi connectivity index (χ3v) is 9.09. The summed E-state index contributed by atoms with van der Waals surface area (Å²) in [7, 11) is 0. The second-order valence-corrected chi connectivity index (χ2v) is 12.1. The predicted octanol–water partition coefficient (Wildman–Crippen LogP) is 5.45. The van der Waals surface area contributed by atoms with Gasteiger partial charge in [-0.2, -0.15) is 0 Å². The summed E-state index contributed by atoms with van der Waals surface area (Å²) < 4.78 is 0. The molecule has 0 spiro atoms. The minimum absolute atomic E-state index is 0.0236. The molecule has 2 amide bonds. The maximum absolute atomic E-state index is 13.7. The van der Waals surface area contributed by atoms with Crippen molar-refractivity contribution in [3.63, 3.8) is 0 Å². The van der Waals surface area contributed by atoms with Gasteiger partial charge in [0.2, 0.25) is 11.8 Å². The number of carbonyl (C=O) groups excluding carboxylic acids is 2. The van der Waals surface area contributed by atoms with E-state index in [1.807, 2.05) is 32.9 Å². The number of hydrogen-bond acceptors (Lipinski definition) is 5. The monoisotopic (exact) mass is 523 g/mol. The minimum atomic E-state index is -0.788. The summed E-state index contributed by atoms with van der Waals surface area (Å²) in [4.78, 5) is 28.7. The van der Waals surface area contributed by atoms with Crippen molar-refractivity contribution in [1.29, 1.82) is 0 Å². The van der Waals surface area contributed by atoms with E-state index in [1.54, 1.807) is 4.90 Å². The Balaban J connectivity index is 1.56. The quantitative estimate of drug-likeness (QED) is 0.311. The van der Waals surface area contributed by atoms with Crippen LogP contribution in [0.25, 0.3) is 6.08 Å². The lowest BCUT2D eigenvalue weighted by molar-refractivity contribution is -0.143. The van der Waals surface area contributed by atoms with Crippen molar-refractivity contribution in [2.24, 2.45) is 23.7 Å². The Morgan fingerprint density at radius 3 is 2.29 bits per heavy atom. The highest BCUT2D eigenvalue weighted by Crippen LogP contribution is 2.49. The number of phenolic OH excluding ortho intramolecular Hbond substituents is 1. The molecule has 1 heterocycles. The van der Waals surface area contributed by atoms with Gasteiger partial charge < -0.3 is 15.3 Å². The molecule has 208 valence electrons. The largest absolute Gasteiger partial charge is 0.507 e. The lowest BCUT2D eigenvalue weighted by Crippen LogP contribution is -2.42. The highest BCUT2D eigenvalue weighted by Gasteiger charge is 2.56. The molecule has 1 aliphatic heterocycles. The van der Waals surface area contributed by atoms with E-state index in [-0.39, 0.29) is 30.4 Å². The summed E-state index contributed by atoms with van der Waals surface area (Å²) >= 11 is 0. The molecular weight excluding hydrogens is 478 g/mol. The molecule has 38 heavy (non-hydrogen) atoms. The maximum Gasteiger partial charge on any atom is 0.234 e. The van der Waals surface area contributed by atoms with E-state index in [0.29, 0.717) is 25.0 Å². The first-order chi connectivity index (χ1) is 18.0. The number of allylic oxidation sites excluding steroid dienone is 2. The van der Waals surface area contributed by atoms with Crippen LogP contribution in [0.15, 0.2) is 28.9 Å². The molecule has 1 aromatic rings. The number of rotatable bonds is 8. The van der Waals surface area contributed by atoms with Gasteiger partial charge in [0.25, 0.3) is 0 Å². The standard InChI is InChI=1S/C32H45NO5/c1-18(2)24-16-25-29(32(38)33(31(25)37)23-9-7-6-8-10-23)26(17-34)28(24)27(35)12-11-19(3)13-22-14-20(4)30(36)21(5)15-22/h13-15,18,23,25-27,29,34-36H,6-12,16-17H2,1-5H3/b19-13+/t25-,26+,27-,29-/m1/s1. The number of hydrogen-bond donors (Lipinski definition) is 3. The number of likely N-dealkylation sites (tertiary alicyclic amines) is 1. The average molecular weight is 524 g/mol. The van der Waals surface area contributed by atoms with Crippen LogP contribution in [0.5, 0.6) is 5.75 Å². The maximum atomic E-state index is 13.7. The van der Waals surface area contributed by atoms with Gasteiger partial charge in [-0.1, -0.05) is 50.3 Å². The smallest absolute Gasteiger partial charge is 0.234 e. The zero-order valence-electron chi connectivity index (χ0n) is 23.7. The molecular formula is C32H45NO5. The van der Waals surface area contributed by atoms with Crippen LogP contribution in [0.4, 0.5) is 0 Å². The minimum Gasteiger partial charge on any atom is -0.507 e. The van der Waals surface area contributed by atoms with Crippen LogP contribution in [-0.4, -0.2) is 50.8 Å². The molecule has 0 bridgehead atoms. The van der Waals surface area contributed by atoms with Gasteiger partial charge in [0.1, 0.15) is 5.75 Å². The van der Waals surface area contributed by atoms with Crippen molar-refractivity contribution in [3.8, 4) is 5.75 Å². The number of fused-ring (bicyclic) bond motifs is 1. The van der Waals surface area contributed by atoms with Gasteiger partial charge in [-0.15, -0.1) is 0 Å². The van der Waals surface area contributed by atoms with Crippen molar-refractivity contribution in [1.82, 2.24) is 4.90 Å². The number of amides is 2. The fraction of sp³-hybridized carbons (Fsp3) is 0.625. The Kier molecular flexibility index (Phi) is 8.83. The molecule has 2 fully saturated rings.